The molecule has 0 fully saturated rings. The van der Waals surface area contributed by atoms with Gasteiger partial charge in [-0.2, -0.15) is 0 Å². The molecule has 1 aliphatic rings. The molecule has 0 spiro atoms. The number of nitrogens with zero attached hydrogens (tertiary/aromatic N) is 1. The van der Waals surface area contributed by atoms with Crippen LogP contribution in [-0.2, 0) is 19.1 Å². The summed E-state index contributed by atoms with van der Waals surface area (Å²) in [5, 5.41) is 0.867. The zero-order chi connectivity index (χ0) is 19.7. The number of aromatic nitrogens is 1. The van der Waals surface area contributed by atoms with Crippen LogP contribution in [-0.4, -0.2) is 34.8 Å². The molecule has 0 aliphatic carbocycles. The number of H-pyrrole nitrogens is 1. The molecule has 1 atom stereocenters. The maximum Gasteiger partial charge on any atom is 0.358 e. The summed E-state index contributed by atoms with van der Waals surface area (Å²) in [6.45, 7) is 0. The van der Waals surface area contributed by atoms with E-state index in [2.05, 4.69) is 4.98 Å². The van der Waals surface area contributed by atoms with E-state index >= 15 is 0 Å². The van der Waals surface area contributed by atoms with E-state index in [1.165, 1.54) is 12.0 Å². The van der Waals surface area contributed by atoms with Crippen molar-refractivity contribution in [2.45, 2.75) is 6.23 Å². The smallest absolute Gasteiger partial charge is 0.358 e. The van der Waals surface area contributed by atoms with Crippen molar-refractivity contribution in [1.82, 2.24) is 9.88 Å². The lowest BCUT2D eigenvalue weighted by molar-refractivity contribution is -0.143. The Morgan fingerprint density at radius 2 is 1.86 bits per heavy atom. The van der Waals surface area contributed by atoms with Crippen molar-refractivity contribution in [3.63, 3.8) is 0 Å². The van der Waals surface area contributed by atoms with E-state index in [-0.39, 0.29) is 17.3 Å². The number of hydrogen-bond donors (Lipinski definition) is 1. The summed E-state index contributed by atoms with van der Waals surface area (Å²) in [4.78, 5) is 29.8. The number of nitrogens with one attached hydrogen (secondary N) is 1. The standard InChI is InChI=1S/C21H17ClN2O4/c1-27-21(26)18-19(15-12-23-16-10-6-5-9-14(15)16)28-20(24(18)17(25)11-22)13-7-3-2-4-8-13/h2-10,12,20,23H,11H2,1H3. The number of hydrogen-bond acceptors (Lipinski definition) is 4. The Balaban J connectivity index is 1.92. The van der Waals surface area contributed by atoms with E-state index in [4.69, 9.17) is 21.1 Å². The molecule has 3 aromatic rings. The van der Waals surface area contributed by atoms with Crippen LogP contribution < -0.4 is 0 Å². The van der Waals surface area contributed by atoms with Crippen molar-refractivity contribution in [3.8, 4) is 0 Å². The van der Waals surface area contributed by atoms with Crippen molar-refractivity contribution >= 4 is 40.1 Å². The minimum absolute atomic E-state index is 0.0340. The first-order chi connectivity index (χ1) is 13.7. The SMILES string of the molecule is COC(=O)C1=C(c2c[nH]c3ccccc23)OC(c2ccccc2)N1C(=O)CCl. The van der Waals surface area contributed by atoms with Crippen LogP contribution in [0.2, 0.25) is 0 Å². The average molecular weight is 397 g/mol. The first kappa shape index (κ1) is 18.1. The summed E-state index contributed by atoms with van der Waals surface area (Å²) in [6, 6.07) is 16.8. The number of fused-ring (bicyclic) bond motifs is 1. The molecule has 0 bridgehead atoms. The fourth-order valence-electron chi connectivity index (χ4n) is 3.34. The summed E-state index contributed by atoms with van der Waals surface area (Å²) in [7, 11) is 1.27. The van der Waals surface area contributed by atoms with Gasteiger partial charge in [-0.1, -0.05) is 48.5 Å². The minimum atomic E-state index is -0.815. The van der Waals surface area contributed by atoms with Crippen LogP contribution in [0.5, 0.6) is 0 Å². The van der Waals surface area contributed by atoms with Crippen LogP contribution in [0.4, 0.5) is 0 Å². The van der Waals surface area contributed by atoms with Crippen LogP contribution >= 0.6 is 11.6 Å². The third-order valence-electron chi connectivity index (χ3n) is 4.60. The summed E-state index contributed by atoms with van der Waals surface area (Å²) in [5.41, 5.74) is 2.31. The van der Waals surface area contributed by atoms with Gasteiger partial charge in [-0.15, -0.1) is 11.6 Å². The molecule has 0 radical (unpaired) electrons. The molecule has 7 heteroatoms. The topological polar surface area (TPSA) is 71.6 Å². The summed E-state index contributed by atoms with van der Waals surface area (Å²) in [5.74, 6) is -1.14. The van der Waals surface area contributed by atoms with Crippen LogP contribution in [0.3, 0.4) is 0 Å². The van der Waals surface area contributed by atoms with E-state index in [0.29, 0.717) is 5.56 Å². The second kappa shape index (κ2) is 7.40. The summed E-state index contributed by atoms with van der Waals surface area (Å²) >= 11 is 5.84. The zero-order valence-electron chi connectivity index (χ0n) is 15.0. The van der Waals surface area contributed by atoms with Gasteiger partial charge in [0.15, 0.2) is 11.5 Å². The molecule has 1 unspecified atom stereocenters. The van der Waals surface area contributed by atoms with Gasteiger partial charge in [-0.3, -0.25) is 9.69 Å². The van der Waals surface area contributed by atoms with Gasteiger partial charge >= 0.3 is 5.97 Å². The van der Waals surface area contributed by atoms with Crippen molar-refractivity contribution < 1.29 is 19.1 Å². The fourth-order valence-corrected chi connectivity index (χ4v) is 3.47. The Bertz CT molecular complexity index is 1070. The predicted molar refractivity (Wildman–Crippen MR) is 105 cm³/mol. The molecular weight excluding hydrogens is 380 g/mol. The molecular formula is C21H17ClN2O4. The highest BCUT2D eigenvalue weighted by Gasteiger charge is 2.43. The van der Waals surface area contributed by atoms with Gasteiger partial charge in [-0.25, -0.2) is 4.79 Å². The molecule has 1 amide bonds. The second-order valence-electron chi connectivity index (χ2n) is 6.20. The number of para-hydroxylation sites is 1. The number of halogens is 1. The first-order valence-electron chi connectivity index (χ1n) is 8.64. The minimum Gasteiger partial charge on any atom is -0.464 e. The lowest BCUT2D eigenvalue weighted by Gasteiger charge is -2.24. The van der Waals surface area contributed by atoms with E-state index in [9.17, 15) is 9.59 Å². The Morgan fingerprint density at radius 3 is 2.57 bits per heavy atom. The molecule has 1 aromatic heterocycles. The number of rotatable bonds is 4. The molecule has 0 saturated heterocycles. The first-order valence-corrected chi connectivity index (χ1v) is 9.18. The molecule has 28 heavy (non-hydrogen) atoms. The fraction of sp³-hybridized carbons (Fsp3) is 0.143. The number of carbonyl (C=O) groups is 2. The number of aromatic amines is 1. The Morgan fingerprint density at radius 1 is 1.14 bits per heavy atom. The maximum atomic E-state index is 12.7. The third-order valence-corrected chi connectivity index (χ3v) is 4.83. The lowest BCUT2D eigenvalue weighted by atomic mass is 10.1. The largest absolute Gasteiger partial charge is 0.464 e. The highest BCUT2D eigenvalue weighted by molar-refractivity contribution is 6.28. The summed E-state index contributed by atoms with van der Waals surface area (Å²) in [6.07, 6.45) is 0.935. The van der Waals surface area contributed by atoms with Gasteiger partial charge in [0.25, 0.3) is 0 Å². The van der Waals surface area contributed by atoms with E-state index in [1.54, 1.807) is 6.20 Å². The van der Waals surface area contributed by atoms with Crippen LogP contribution in [0.25, 0.3) is 16.7 Å². The quantitative estimate of drug-likeness (QED) is 0.537. The molecule has 4 rings (SSSR count). The average Bonchev–Trinajstić information content (AvgIpc) is 3.35. The zero-order valence-corrected chi connectivity index (χ0v) is 15.8. The Kier molecular flexibility index (Phi) is 4.79. The Labute approximate surface area is 166 Å². The number of amides is 1. The predicted octanol–water partition coefficient (Wildman–Crippen LogP) is 3.81. The molecule has 0 saturated carbocycles. The van der Waals surface area contributed by atoms with E-state index < -0.39 is 18.1 Å². The lowest BCUT2D eigenvalue weighted by Crippen LogP contribution is -2.35. The molecule has 2 heterocycles. The summed E-state index contributed by atoms with van der Waals surface area (Å²) < 4.78 is 11.1. The van der Waals surface area contributed by atoms with Gasteiger partial charge in [0.05, 0.1) is 7.11 Å². The van der Waals surface area contributed by atoms with Crippen LogP contribution in [0, 0.1) is 0 Å². The monoisotopic (exact) mass is 396 g/mol. The molecule has 1 aliphatic heterocycles. The number of methoxy groups -OCH3 is 1. The van der Waals surface area contributed by atoms with Gasteiger partial charge in [0.2, 0.25) is 12.1 Å². The molecule has 142 valence electrons. The number of carbonyl (C=O) groups excluding carboxylic acids is 2. The van der Waals surface area contributed by atoms with Crippen molar-refractivity contribution in [2.75, 3.05) is 13.0 Å². The number of benzene rings is 2. The highest BCUT2D eigenvalue weighted by atomic mass is 35.5. The number of alkyl halides is 1. The number of ether oxygens (including phenoxy) is 2. The van der Waals surface area contributed by atoms with Crippen molar-refractivity contribution in [3.05, 3.63) is 77.6 Å². The number of esters is 1. The molecule has 2 aromatic carbocycles. The molecule has 6 nitrogen and oxygen atoms in total. The van der Waals surface area contributed by atoms with Crippen LogP contribution in [0.15, 0.2) is 66.5 Å². The van der Waals surface area contributed by atoms with Gasteiger partial charge < -0.3 is 14.5 Å². The van der Waals surface area contributed by atoms with Gasteiger partial charge in [0, 0.05) is 28.2 Å². The van der Waals surface area contributed by atoms with Gasteiger partial charge in [0.1, 0.15) is 5.88 Å². The third kappa shape index (κ3) is 2.92. The van der Waals surface area contributed by atoms with Crippen LogP contribution in [0.1, 0.15) is 17.4 Å². The van der Waals surface area contributed by atoms with Crippen molar-refractivity contribution in [2.24, 2.45) is 0 Å². The highest BCUT2D eigenvalue weighted by Crippen LogP contribution is 2.43. The second-order valence-corrected chi connectivity index (χ2v) is 6.46. The normalized spacial score (nSPS) is 16.4. The Hall–Kier alpha value is -3.25. The van der Waals surface area contributed by atoms with E-state index in [1.807, 2.05) is 54.6 Å². The maximum absolute atomic E-state index is 12.7. The van der Waals surface area contributed by atoms with Crippen molar-refractivity contribution in [1.29, 1.82) is 0 Å². The van der Waals surface area contributed by atoms with Gasteiger partial charge in [-0.05, 0) is 6.07 Å². The van der Waals surface area contributed by atoms with E-state index in [0.717, 1.165) is 16.5 Å². The molecule has 1 N–H and O–H groups in total.